The van der Waals surface area contributed by atoms with E-state index < -0.39 is 5.82 Å². The topological polar surface area (TPSA) is 29.5 Å². The van der Waals surface area contributed by atoms with Crippen LogP contribution in [0.5, 0.6) is 5.75 Å². The maximum absolute atomic E-state index is 13.7. The van der Waals surface area contributed by atoms with Gasteiger partial charge in [-0.3, -0.25) is 4.79 Å². The molecule has 0 radical (unpaired) electrons. The van der Waals surface area contributed by atoms with Crippen LogP contribution in [0.4, 0.5) is 4.39 Å². The molecular weight excluding hydrogens is 289 g/mol. The largest absolute Gasteiger partial charge is 0.497 e. The second kappa shape index (κ2) is 6.63. The Labute approximate surface area is 128 Å². The molecule has 0 spiro atoms. The lowest BCUT2D eigenvalue weighted by Crippen LogP contribution is -2.27. The number of carbonyl (C=O) groups is 1. The minimum absolute atomic E-state index is 0.0264. The molecule has 0 aliphatic carbocycles. The van der Waals surface area contributed by atoms with Crippen molar-refractivity contribution in [2.75, 3.05) is 14.2 Å². The van der Waals surface area contributed by atoms with E-state index in [1.165, 1.54) is 23.1 Å². The number of rotatable bonds is 4. The van der Waals surface area contributed by atoms with E-state index in [2.05, 4.69) is 12.6 Å². The highest BCUT2D eigenvalue weighted by molar-refractivity contribution is 7.80. The van der Waals surface area contributed by atoms with Crippen LogP contribution in [0, 0.1) is 5.82 Å². The third kappa shape index (κ3) is 3.76. The number of amides is 1. The zero-order valence-electron chi connectivity index (χ0n) is 11.8. The van der Waals surface area contributed by atoms with Crippen molar-refractivity contribution >= 4 is 18.5 Å². The quantitative estimate of drug-likeness (QED) is 0.877. The molecular formula is C16H16FNO2S. The molecule has 0 saturated carbocycles. The van der Waals surface area contributed by atoms with Gasteiger partial charge in [-0.1, -0.05) is 12.1 Å². The number of hydrogen-bond acceptors (Lipinski definition) is 3. The molecule has 2 rings (SSSR count). The lowest BCUT2D eigenvalue weighted by atomic mass is 10.1. The monoisotopic (exact) mass is 305 g/mol. The lowest BCUT2D eigenvalue weighted by Gasteiger charge is -2.18. The van der Waals surface area contributed by atoms with Gasteiger partial charge in [0.25, 0.3) is 5.91 Å². The molecule has 0 heterocycles. The fourth-order valence-electron chi connectivity index (χ4n) is 1.96. The summed E-state index contributed by atoms with van der Waals surface area (Å²) in [5, 5.41) is 0. The van der Waals surface area contributed by atoms with Crippen LogP contribution in [0.3, 0.4) is 0 Å². The summed E-state index contributed by atoms with van der Waals surface area (Å²) < 4.78 is 18.8. The van der Waals surface area contributed by atoms with Crippen LogP contribution >= 0.6 is 12.6 Å². The Morgan fingerprint density at radius 2 is 1.90 bits per heavy atom. The number of carbonyl (C=O) groups excluding carboxylic acids is 1. The predicted octanol–water partition coefficient (Wildman–Crippen LogP) is 3.40. The third-order valence-electron chi connectivity index (χ3n) is 3.11. The summed E-state index contributed by atoms with van der Waals surface area (Å²) in [6, 6.07) is 11.6. The number of benzene rings is 2. The first-order valence-electron chi connectivity index (χ1n) is 6.38. The number of ether oxygens (including phenoxy) is 1. The maximum atomic E-state index is 13.7. The Morgan fingerprint density at radius 3 is 2.52 bits per heavy atom. The predicted molar refractivity (Wildman–Crippen MR) is 82.4 cm³/mol. The third-order valence-corrected chi connectivity index (χ3v) is 3.38. The van der Waals surface area contributed by atoms with Crippen molar-refractivity contribution < 1.29 is 13.9 Å². The molecule has 0 aromatic heterocycles. The summed E-state index contributed by atoms with van der Waals surface area (Å²) in [7, 11) is 3.23. The molecule has 110 valence electrons. The Balaban J connectivity index is 2.13. The second-order valence-corrected chi connectivity index (χ2v) is 5.19. The van der Waals surface area contributed by atoms with Gasteiger partial charge in [0.2, 0.25) is 0 Å². The Bertz CT molecular complexity index is 643. The van der Waals surface area contributed by atoms with Crippen LogP contribution in [0.25, 0.3) is 0 Å². The number of nitrogens with zero attached hydrogens (tertiary/aromatic N) is 1. The average molecular weight is 305 g/mol. The molecule has 3 nitrogen and oxygen atoms in total. The van der Waals surface area contributed by atoms with Crippen molar-refractivity contribution in [2.24, 2.45) is 0 Å². The van der Waals surface area contributed by atoms with E-state index in [0.717, 1.165) is 11.3 Å². The van der Waals surface area contributed by atoms with E-state index in [0.29, 0.717) is 11.4 Å². The van der Waals surface area contributed by atoms with Gasteiger partial charge in [0.05, 0.1) is 12.7 Å². The van der Waals surface area contributed by atoms with Gasteiger partial charge in [0, 0.05) is 18.5 Å². The highest BCUT2D eigenvalue weighted by Crippen LogP contribution is 2.17. The SMILES string of the molecule is COc1ccc(CN(C)C(=O)c2cc(S)ccc2F)cc1. The van der Waals surface area contributed by atoms with Crippen LogP contribution < -0.4 is 4.74 Å². The van der Waals surface area contributed by atoms with E-state index in [4.69, 9.17) is 4.74 Å². The first kappa shape index (κ1) is 15.4. The molecule has 2 aromatic rings. The van der Waals surface area contributed by atoms with Gasteiger partial charge in [-0.05, 0) is 35.9 Å². The van der Waals surface area contributed by atoms with Crippen molar-refractivity contribution in [3.05, 3.63) is 59.4 Å². The molecule has 1 amide bonds. The van der Waals surface area contributed by atoms with E-state index in [1.54, 1.807) is 14.2 Å². The summed E-state index contributed by atoms with van der Waals surface area (Å²) in [6.07, 6.45) is 0. The molecule has 2 aromatic carbocycles. The molecule has 0 N–H and O–H groups in total. The summed E-state index contributed by atoms with van der Waals surface area (Å²) >= 11 is 4.13. The van der Waals surface area contributed by atoms with Gasteiger partial charge in [-0.25, -0.2) is 4.39 Å². The smallest absolute Gasteiger partial charge is 0.256 e. The zero-order chi connectivity index (χ0) is 15.4. The molecule has 0 saturated heterocycles. The van der Waals surface area contributed by atoms with E-state index >= 15 is 0 Å². The Hall–Kier alpha value is -2.01. The minimum atomic E-state index is -0.542. The Morgan fingerprint density at radius 1 is 1.24 bits per heavy atom. The highest BCUT2D eigenvalue weighted by Gasteiger charge is 2.16. The number of thiol groups is 1. The van der Waals surface area contributed by atoms with Crippen LogP contribution in [-0.4, -0.2) is 25.0 Å². The first-order chi connectivity index (χ1) is 10.0. The van der Waals surface area contributed by atoms with Crippen LogP contribution in [0.15, 0.2) is 47.4 Å². The van der Waals surface area contributed by atoms with E-state index in [1.807, 2.05) is 24.3 Å². The molecule has 21 heavy (non-hydrogen) atoms. The summed E-state index contributed by atoms with van der Waals surface area (Å²) in [4.78, 5) is 14.3. The molecule has 0 fully saturated rings. The molecule has 0 aliphatic rings. The first-order valence-corrected chi connectivity index (χ1v) is 6.83. The maximum Gasteiger partial charge on any atom is 0.256 e. The summed E-state index contributed by atoms with van der Waals surface area (Å²) in [5.41, 5.74) is 0.965. The fraction of sp³-hybridized carbons (Fsp3) is 0.188. The Kier molecular flexibility index (Phi) is 4.85. The van der Waals surface area contributed by atoms with Crippen molar-refractivity contribution in [1.29, 1.82) is 0 Å². The standard InChI is InChI=1S/C16H16FNO2S/c1-18(10-11-3-5-12(20-2)6-4-11)16(19)14-9-13(21)7-8-15(14)17/h3-9,21H,10H2,1-2H3. The number of hydrogen-bond donors (Lipinski definition) is 1. The molecule has 0 unspecified atom stereocenters. The molecule has 0 atom stereocenters. The number of halogens is 1. The van der Waals surface area contributed by atoms with Crippen molar-refractivity contribution in [3.63, 3.8) is 0 Å². The second-order valence-electron chi connectivity index (χ2n) is 4.67. The lowest BCUT2D eigenvalue weighted by molar-refractivity contribution is 0.0780. The molecule has 0 aliphatic heterocycles. The van der Waals surface area contributed by atoms with Gasteiger partial charge in [0.1, 0.15) is 11.6 Å². The number of methoxy groups -OCH3 is 1. The van der Waals surface area contributed by atoms with Gasteiger partial charge < -0.3 is 9.64 Å². The molecule has 5 heteroatoms. The van der Waals surface area contributed by atoms with Crippen molar-refractivity contribution in [2.45, 2.75) is 11.4 Å². The van der Waals surface area contributed by atoms with Crippen LogP contribution in [-0.2, 0) is 6.54 Å². The van der Waals surface area contributed by atoms with Crippen LogP contribution in [0.2, 0.25) is 0 Å². The van der Waals surface area contributed by atoms with Crippen molar-refractivity contribution in [3.8, 4) is 5.75 Å². The van der Waals surface area contributed by atoms with E-state index in [-0.39, 0.29) is 11.5 Å². The summed E-state index contributed by atoms with van der Waals surface area (Å²) in [6.45, 7) is 0.388. The zero-order valence-corrected chi connectivity index (χ0v) is 12.7. The van der Waals surface area contributed by atoms with Crippen molar-refractivity contribution in [1.82, 2.24) is 4.90 Å². The highest BCUT2D eigenvalue weighted by atomic mass is 32.1. The fourth-order valence-corrected chi connectivity index (χ4v) is 2.16. The van der Waals surface area contributed by atoms with Gasteiger partial charge in [-0.15, -0.1) is 12.6 Å². The summed E-state index contributed by atoms with van der Waals surface area (Å²) in [5.74, 6) is -0.167. The van der Waals surface area contributed by atoms with Gasteiger partial charge >= 0.3 is 0 Å². The van der Waals surface area contributed by atoms with E-state index in [9.17, 15) is 9.18 Å². The normalized spacial score (nSPS) is 10.3. The van der Waals surface area contributed by atoms with Gasteiger partial charge in [-0.2, -0.15) is 0 Å². The van der Waals surface area contributed by atoms with Gasteiger partial charge in [0.15, 0.2) is 0 Å². The van der Waals surface area contributed by atoms with Crippen LogP contribution in [0.1, 0.15) is 15.9 Å². The minimum Gasteiger partial charge on any atom is -0.497 e. The molecule has 0 bridgehead atoms. The average Bonchev–Trinajstić information content (AvgIpc) is 2.49.